The van der Waals surface area contributed by atoms with Crippen LogP contribution < -0.4 is 0 Å². The number of cyclic esters (lactones) is 1. The molecular weight excluding hydrogens is 268 g/mol. The van der Waals surface area contributed by atoms with Gasteiger partial charge in [0.05, 0.1) is 11.8 Å². The number of hydrogen-bond acceptors (Lipinski definition) is 4. The van der Waals surface area contributed by atoms with E-state index in [9.17, 15) is 9.59 Å². The molecular formula is C17H28O4. The van der Waals surface area contributed by atoms with E-state index < -0.39 is 17.1 Å². The van der Waals surface area contributed by atoms with Crippen molar-refractivity contribution in [1.29, 1.82) is 0 Å². The third-order valence-corrected chi connectivity index (χ3v) is 4.89. The van der Waals surface area contributed by atoms with Gasteiger partial charge in [-0.2, -0.15) is 0 Å². The highest BCUT2D eigenvalue weighted by atomic mass is 16.6. The lowest BCUT2D eigenvalue weighted by atomic mass is 9.79. The van der Waals surface area contributed by atoms with Gasteiger partial charge in [0.15, 0.2) is 6.10 Å². The number of hydrogen-bond donors (Lipinski definition) is 0. The zero-order valence-electron chi connectivity index (χ0n) is 14.3. The molecule has 2 atom stereocenters. The lowest BCUT2D eigenvalue weighted by Gasteiger charge is -2.31. The molecule has 21 heavy (non-hydrogen) atoms. The van der Waals surface area contributed by atoms with Crippen molar-refractivity contribution in [1.82, 2.24) is 0 Å². The normalized spacial score (nSPS) is 33.5. The molecule has 0 aromatic carbocycles. The highest BCUT2D eigenvalue weighted by Crippen LogP contribution is 2.68. The van der Waals surface area contributed by atoms with Gasteiger partial charge in [0.2, 0.25) is 0 Å². The van der Waals surface area contributed by atoms with Crippen LogP contribution in [0.4, 0.5) is 0 Å². The third-order valence-electron chi connectivity index (χ3n) is 4.89. The Morgan fingerprint density at radius 3 is 2.14 bits per heavy atom. The molecule has 1 aliphatic heterocycles. The van der Waals surface area contributed by atoms with Gasteiger partial charge in [0.1, 0.15) is 5.60 Å². The number of esters is 2. The second-order valence-electron chi connectivity index (χ2n) is 9.06. The molecule has 1 saturated carbocycles. The molecule has 2 fully saturated rings. The van der Waals surface area contributed by atoms with Crippen LogP contribution in [0.5, 0.6) is 0 Å². The van der Waals surface area contributed by atoms with E-state index in [-0.39, 0.29) is 29.2 Å². The van der Waals surface area contributed by atoms with E-state index in [1.165, 1.54) is 0 Å². The molecule has 2 aliphatic rings. The van der Waals surface area contributed by atoms with Gasteiger partial charge >= 0.3 is 11.9 Å². The molecule has 0 aromatic rings. The zero-order chi connectivity index (χ0) is 16.3. The third kappa shape index (κ3) is 2.95. The van der Waals surface area contributed by atoms with E-state index in [0.717, 1.165) is 12.8 Å². The van der Waals surface area contributed by atoms with Crippen LogP contribution in [-0.2, 0) is 19.1 Å². The first-order chi connectivity index (χ1) is 9.29. The van der Waals surface area contributed by atoms with Gasteiger partial charge in [0.25, 0.3) is 0 Å². The molecule has 0 radical (unpaired) electrons. The molecule has 0 N–H and O–H groups in total. The number of carbonyl (C=O) groups is 2. The maximum atomic E-state index is 12.8. The number of rotatable bonds is 3. The fraction of sp³-hybridized carbons (Fsp3) is 0.882. The SMILES string of the molecule is CC(C)(C)CC1(C(=O)OC2CC(=O)OC2(C)C)CC1(C)C. The van der Waals surface area contributed by atoms with Crippen molar-refractivity contribution in [3.63, 3.8) is 0 Å². The largest absolute Gasteiger partial charge is 0.457 e. The van der Waals surface area contributed by atoms with Gasteiger partial charge < -0.3 is 9.47 Å². The lowest BCUT2D eigenvalue weighted by Crippen LogP contribution is -2.39. The Hall–Kier alpha value is -1.06. The fourth-order valence-electron chi connectivity index (χ4n) is 3.56. The maximum Gasteiger partial charge on any atom is 0.313 e. The van der Waals surface area contributed by atoms with E-state index in [1.807, 2.05) is 0 Å². The molecule has 4 nitrogen and oxygen atoms in total. The summed E-state index contributed by atoms with van der Waals surface area (Å²) < 4.78 is 11.0. The molecule has 0 aromatic heterocycles. The molecule has 4 heteroatoms. The molecule has 2 unspecified atom stereocenters. The predicted molar refractivity (Wildman–Crippen MR) is 79.6 cm³/mol. The van der Waals surface area contributed by atoms with Crippen LogP contribution >= 0.6 is 0 Å². The van der Waals surface area contributed by atoms with Crippen molar-refractivity contribution >= 4 is 11.9 Å². The summed E-state index contributed by atoms with van der Waals surface area (Å²) in [6.07, 6.45) is 1.32. The highest BCUT2D eigenvalue weighted by molar-refractivity contribution is 5.83. The molecule has 120 valence electrons. The first-order valence-corrected chi connectivity index (χ1v) is 7.72. The smallest absolute Gasteiger partial charge is 0.313 e. The average Bonchev–Trinajstić information content (AvgIpc) is 2.65. The Morgan fingerprint density at radius 1 is 1.29 bits per heavy atom. The molecule has 0 bridgehead atoms. The Labute approximate surface area is 127 Å². The zero-order valence-corrected chi connectivity index (χ0v) is 14.3. The lowest BCUT2D eigenvalue weighted by molar-refractivity contribution is -0.168. The summed E-state index contributed by atoms with van der Waals surface area (Å²) in [6, 6.07) is 0. The van der Waals surface area contributed by atoms with Gasteiger partial charge in [-0.25, -0.2) is 0 Å². The second-order valence-corrected chi connectivity index (χ2v) is 9.06. The number of ether oxygens (including phenoxy) is 2. The van der Waals surface area contributed by atoms with E-state index in [0.29, 0.717) is 0 Å². The first-order valence-electron chi connectivity index (χ1n) is 7.72. The van der Waals surface area contributed by atoms with Gasteiger partial charge in [-0.3, -0.25) is 9.59 Å². The molecule has 1 aliphatic carbocycles. The minimum absolute atomic E-state index is 0.0367. The second kappa shape index (κ2) is 4.47. The molecule has 1 heterocycles. The summed E-state index contributed by atoms with van der Waals surface area (Å²) in [7, 11) is 0. The van der Waals surface area contributed by atoms with Crippen molar-refractivity contribution in [3.8, 4) is 0 Å². The van der Waals surface area contributed by atoms with Gasteiger partial charge in [0, 0.05) is 0 Å². The number of carbonyl (C=O) groups excluding carboxylic acids is 2. The van der Waals surface area contributed by atoms with Gasteiger partial charge in [-0.05, 0) is 37.5 Å². The van der Waals surface area contributed by atoms with Crippen molar-refractivity contribution in [2.45, 2.75) is 79.4 Å². The van der Waals surface area contributed by atoms with Gasteiger partial charge in [-0.1, -0.05) is 34.6 Å². The Morgan fingerprint density at radius 2 is 1.81 bits per heavy atom. The Kier molecular flexibility index (Phi) is 3.47. The van der Waals surface area contributed by atoms with E-state index in [4.69, 9.17) is 9.47 Å². The minimum atomic E-state index is -0.727. The quantitative estimate of drug-likeness (QED) is 0.748. The minimum Gasteiger partial charge on any atom is -0.457 e. The Balaban J connectivity index is 2.13. The predicted octanol–water partition coefficient (Wildman–Crippen LogP) is 3.48. The average molecular weight is 296 g/mol. The summed E-state index contributed by atoms with van der Waals surface area (Å²) in [6.45, 7) is 14.2. The van der Waals surface area contributed by atoms with Crippen LogP contribution in [0, 0.1) is 16.2 Å². The van der Waals surface area contributed by atoms with Crippen LogP contribution in [0.2, 0.25) is 0 Å². The van der Waals surface area contributed by atoms with Crippen molar-refractivity contribution in [2.75, 3.05) is 0 Å². The van der Waals surface area contributed by atoms with E-state index in [2.05, 4.69) is 34.6 Å². The van der Waals surface area contributed by atoms with Gasteiger partial charge in [-0.15, -0.1) is 0 Å². The maximum absolute atomic E-state index is 12.8. The summed E-state index contributed by atoms with van der Waals surface area (Å²) in [5.74, 6) is -0.462. The van der Waals surface area contributed by atoms with Crippen molar-refractivity contribution < 1.29 is 19.1 Å². The molecule has 0 spiro atoms. The first kappa shape index (κ1) is 16.3. The van der Waals surface area contributed by atoms with Crippen molar-refractivity contribution in [3.05, 3.63) is 0 Å². The summed E-state index contributed by atoms with van der Waals surface area (Å²) in [5, 5.41) is 0. The van der Waals surface area contributed by atoms with E-state index in [1.54, 1.807) is 13.8 Å². The topological polar surface area (TPSA) is 52.6 Å². The van der Waals surface area contributed by atoms with Crippen LogP contribution in [0.3, 0.4) is 0 Å². The van der Waals surface area contributed by atoms with Crippen LogP contribution in [0.15, 0.2) is 0 Å². The standard InChI is InChI=1S/C17H28O4/c1-14(2,3)9-17(10-15(17,4)5)13(19)20-11-8-12(18)21-16(11,6)7/h11H,8-10H2,1-7H3. The molecule has 2 rings (SSSR count). The Bertz CT molecular complexity index is 470. The summed E-state index contributed by atoms with van der Waals surface area (Å²) in [4.78, 5) is 24.2. The van der Waals surface area contributed by atoms with Crippen LogP contribution in [0.25, 0.3) is 0 Å². The van der Waals surface area contributed by atoms with Crippen molar-refractivity contribution in [2.24, 2.45) is 16.2 Å². The van der Waals surface area contributed by atoms with E-state index >= 15 is 0 Å². The molecule has 1 saturated heterocycles. The highest BCUT2D eigenvalue weighted by Gasteiger charge is 2.68. The monoisotopic (exact) mass is 296 g/mol. The van der Waals surface area contributed by atoms with Crippen LogP contribution in [-0.4, -0.2) is 23.6 Å². The molecule has 0 amide bonds. The summed E-state index contributed by atoms with van der Waals surface area (Å²) in [5.41, 5.74) is -1.13. The summed E-state index contributed by atoms with van der Waals surface area (Å²) >= 11 is 0. The fourth-order valence-corrected chi connectivity index (χ4v) is 3.56. The van der Waals surface area contributed by atoms with Crippen LogP contribution in [0.1, 0.15) is 67.7 Å².